The van der Waals surface area contributed by atoms with Crippen LogP contribution in [0.4, 0.5) is 0 Å². The molecule has 2 aromatic carbocycles. The smallest absolute Gasteiger partial charge is 0.257 e. The van der Waals surface area contributed by atoms with Crippen molar-refractivity contribution < 1.29 is 18.4 Å². The summed E-state index contributed by atoms with van der Waals surface area (Å²) in [7, 11) is 0. The second kappa shape index (κ2) is 12.1. The second-order valence-corrected chi connectivity index (χ2v) is 11.6. The first-order valence-electron chi connectivity index (χ1n) is 14.1. The van der Waals surface area contributed by atoms with E-state index in [0.29, 0.717) is 55.4 Å². The topological polar surface area (TPSA) is 99.9 Å². The number of hydrogen-bond donors (Lipinski definition) is 0. The number of nitrogens with zero attached hydrogens (tertiary/aromatic N) is 3. The molecule has 0 bridgehead atoms. The fourth-order valence-electron chi connectivity index (χ4n) is 4.96. The highest BCUT2D eigenvalue weighted by Crippen LogP contribution is 2.28. The summed E-state index contributed by atoms with van der Waals surface area (Å²) in [4.78, 5) is 29.9. The monoisotopic (exact) mass is 565 g/mol. The van der Waals surface area contributed by atoms with Gasteiger partial charge in [-0.15, -0.1) is 0 Å². The maximum Gasteiger partial charge on any atom is 0.257 e. The molecule has 42 heavy (non-hydrogen) atoms. The van der Waals surface area contributed by atoms with Crippen molar-refractivity contribution in [1.82, 2.24) is 9.80 Å². The number of hydrogen-bond acceptors (Lipinski definition) is 7. The predicted octanol–water partition coefficient (Wildman–Crippen LogP) is 5.91. The van der Waals surface area contributed by atoms with Crippen LogP contribution in [0, 0.1) is 18.3 Å². The molecule has 216 valence electrons. The molecular weight excluding hydrogens is 530 g/mol. The molecule has 0 N–H and O–H groups in total. The van der Waals surface area contributed by atoms with Crippen LogP contribution in [0.1, 0.15) is 59.5 Å². The quantitative estimate of drug-likeness (QED) is 0.274. The number of carbonyl (C=O) groups excluding carboxylic acids is 1. The van der Waals surface area contributed by atoms with Gasteiger partial charge in [-0.2, -0.15) is 5.26 Å². The molecule has 0 saturated carbocycles. The molecule has 5 rings (SSSR count). The zero-order valence-electron chi connectivity index (χ0n) is 24.5. The van der Waals surface area contributed by atoms with Gasteiger partial charge in [0, 0.05) is 37.7 Å². The van der Waals surface area contributed by atoms with Crippen molar-refractivity contribution in [2.75, 3.05) is 26.2 Å². The van der Waals surface area contributed by atoms with Crippen molar-refractivity contribution in [2.45, 2.75) is 46.3 Å². The first-order valence-corrected chi connectivity index (χ1v) is 14.1. The summed E-state index contributed by atoms with van der Waals surface area (Å²) in [5, 5.41) is 9.35. The van der Waals surface area contributed by atoms with Crippen molar-refractivity contribution >= 4 is 5.91 Å². The number of rotatable bonds is 7. The van der Waals surface area contributed by atoms with Crippen LogP contribution in [-0.4, -0.2) is 41.9 Å². The van der Waals surface area contributed by atoms with Gasteiger partial charge >= 0.3 is 0 Å². The minimum Gasteiger partial charge on any atom is -0.482 e. The van der Waals surface area contributed by atoms with Crippen molar-refractivity contribution in [2.24, 2.45) is 0 Å². The van der Waals surface area contributed by atoms with Gasteiger partial charge < -0.3 is 18.5 Å². The van der Waals surface area contributed by atoms with Crippen LogP contribution in [0.15, 0.2) is 80.6 Å². The Morgan fingerprint density at radius 1 is 1.02 bits per heavy atom. The molecule has 2 aromatic heterocycles. The van der Waals surface area contributed by atoms with Gasteiger partial charge in [0.05, 0.1) is 23.7 Å². The Labute approximate surface area is 245 Å². The first-order chi connectivity index (χ1) is 20.1. The molecule has 0 spiro atoms. The highest BCUT2D eigenvalue weighted by molar-refractivity contribution is 5.95. The summed E-state index contributed by atoms with van der Waals surface area (Å²) in [6.07, 6.45) is 1.36. The fraction of sp³-hybridized carbons (Fsp3) is 0.324. The molecule has 3 heterocycles. The van der Waals surface area contributed by atoms with Gasteiger partial charge in [-0.3, -0.25) is 14.5 Å². The molecule has 0 aliphatic carbocycles. The number of benzene rings is 2. The van der Waals surface area contributed by atoms with E-state index in [-0.39, 0.29) is 29.1 Å². The molecule has 1 fully saturated rings. The largest absolute Gasteiger partial charge is 0.482 e. The van der Waals surface area contributed by atoms with E-state index in [1.807, 2.05) is 60.4 Å². The summed E-state index contributed by atoms with van der Waals surface area (Å²) in [5.74, 6) is 2.14. The highest BCUT2D eigenvalue weighted by atomic mass is 16.5. The summed E-state index contributed by atoms with van der Waals surface area (Å²) >= 11 is 0. The molecule has 1 saturated heterocycles. The highest BCUT2D eigenvalue weighted by Gasteiger charge is 2.28. The maximum atomic E-state index is 13.1. The van der Waals surface area contributed by atoms with E-state index in [1.165, 1.54) is 12.3 Å². The SMILES string of the molecule is Cc1oc(C(C)(C)C)cc1C(=O)N1CCN(Cc2cc(=O)c(OCc3ccc(-c4ccccc4C#N)cc3)co2)CC1. The molecule has 4 aromatic rings. The Morgan fingerprint density at radius 2 is 1.74 bits per heavy atom. The van der Waals surface area contributed by atoms with Crippen LogP contribution in [-0.2, 0) is 18.6 Å². The number of furan rings is 1. The Hall–Kier alpha value is -4.61. The van der Waals surface area contributed by atoms with Gasteiger partial charge in [0.2, 0.25) is 11.2 Å². The van der Waals surface area contributed by atoms with Crippen LogP contribution in [0.5, 0.6) is 5.75 Å². The van der Waals surface area contributed by atoms with Gasteiger partial charge in [0.1, 0.15) is 30.2 Å². The molecular formula is C34H35N3O5. The zero-order valence-corrected chi connectivity index (χ0v) is 24.5. The fourth-order valence-corrected chi connectivity index (χ4v) is 4.96. The van der Waals surface area contributed by atoms with E-state index < -0.39 is 0 Å². The number of ether oxygens (including phenoxy) is 1. The molecule has 8 nitrogen and oxygen atoms in total. The van der Waals surface area contributed by atoms with Gasteiger partial charge in [-0.25, -0.2) is 0 Å². The van der Waals surface area contributed by atoms with E-state index in [9.17, 15) is 14.9 Å². The third-order valence-electron chi connectivity index (χ3n) is 7.49. The lowest BCUT2D eigenvalue weighted by Crippen LogP contribution is -2.48. The van der Waals surface area contributed by atoms with Gasteiger partial charge in [0.15, 0.2) is 0 Å². The standard InChI is InChI=1S/C34H35N3O5/c1-23-29(18-32(42-23)34(2,3)4)33(39)37-15-13-36(14-16-37)20-27-17-30(38)31(22-40-27)41-21-24-9-11-25(12-10-24)28-8-6-5-7-26(28)19-35/h5-12,17-18,22H,13-16,20-21H2,1-4H3. The molecule has 0 atom stereocenters. The van der Waals surface area contributed by atoms with E-state index in [0.717, 1.165) is 22.5 Å². The second-order valence-electron chi connectivity index (χ2n) is 11.6. The average Bonchev–Trinajstić information content (AvgIpc) is 3.39. The van der Waals surface area contributed by atoms with Crippen LogP contribution < -0.4 is 10.2 Å². The normalized spacial score (nSPS) is 14.0. The number of carbonyl (C=O) groups is 1. The lowest BCUT2D eigenvalue weighted by atomic mass is 9.93. The zero-order chi connectivity index (χ0) is 29.9. The summed E-state index contributed by atoms with van der Waals surface area (Å²) < 4.78 is 17.3. The molecule has 0 unspecified atom stereocenters. The Kier molecular flexibility index (Phi) is 8.32. The van der Waals surface area contributed by atoms with Crippen LogP contribution in [0.2, 0.25) is 0 Å². The lowest BCUT2D eigenvalue weighted by Gasteiger charge is -2.34. The van der Waals surface area contributed by atoms with Crippen LogP contribution in [0.25, 0.3) is 11.1 Å². The van der Waals surface area contributed by atoms with Crippen molar-refractivity contribution in [3.63, 3.8) is 0 Å². The van der Waals surface area contributed by atoms with E-state index in [4.69, 9.17) is 13.6 Å². The van der Waals surface area contributed by atoms with Gasteiger partial charge in [0.25, 0.3) is 5.91 Å². The molecule has 1 amide bonds. The Balaban J connectivity index is 1.13. The summed E-state index contributed by atoms with van der Waals surface area (Å²) in [6.45, 7) is 11.2. The number of aryl methyl sites for hydroxylation is 1. The third kappa shape index (κ3) is 6.48. The predicted molar refractivity (Wildman–Crippen MR) is 159 cm³/mol. The lowest BCUT2D eigenvalue weighted by molar-refractivity contribution is 0.0617. The maximum absolute atomic E-state index is 13.1. The van der Waals surface area contributed by atoms with Gasteiger partial charge in [-0.1, -0.05) is 63.2 Å². The average molecular weight is 566 g/mol. The minimum absolute atomic E-state index is 0.0129. The van der Waals surface area contributed by atoms with Gasteiger partial charge in [-0.05, 0) is 35.7 Å². The number of amides is 1. The molecule has 8 heteroatoms. The summed E-state index contributed by atoms with van der Waals surface area (Å²) in [6, 6.07) is 20.7. The minimum atomic E-state index is -0.241. The van der Waals surface area contributed by atoms with Crippen LogP contribution >= 0.6 is 0 Å². The molecule has 0 radical (unpaired) electrons. The van der Waals surface area contributed by atoms with E-state index >= 15 is 0 Å². The van der Waals surface area contributed by atoms with Crippen LogP contribution in [0.3, 0.4) is 0 Å². The summed E-state index contributed by atoms with van der Waals surface area (Å²) in [5.41, 5.74) is 3.54. The Bertz CT molecular complexity index is 1660. The molecule has 1 aliphatic heterocycles. The number of nitriles is 1. The van der Waals surface area contributed by atoms with Crippen molar-refractivity contribution in [3.8, 4) is 22.9 Å². The first kappa shape index (κ1) is 28.9. The third-order valence-corrected chi connectivity index (χ3v) is 7.49. The van der Waals surface area contributed by atoms with E-state index in [2.05, 4.69) is 31.7 Å². The number of piperazine rings is 1. The van der Waals surface area contributed by atoms with E-state index in [1.54, 1.807) is 6.07 Å². The Morgan fingerprint density at radius 3 is 2.38 bits per heavy atom. The molecule has 1 aliphatic rings. The van der Waals surface area contributed by atoms with Crippen molar-refractivity contribution in [1.29, 1.82) is 5.26 Å². The van der Waals surface area contributed by atoms with Crippen molar-refractivity contribution in [3.05, 3.63) is 111 Å².